The minimum absolute atomic E-state index is 0. The molecule has 0 saturated carbocycles. The first-order valence-electron chi connectivity index (χ1n) is 11.6. The summed E-state index contributed by atoms with van der Waals surface area (Å²) in [6.07, 6.45) is 6.64. The molecule has 1 saturated heterocycles. The lowest BCUT2D eigenvalue weighted by molar-refractivity contribution is 0.121. The van der Waals surface area contributed by atoms with Gasteiger partial charge in [-0.3, -0.25) is 4.99 Å². The summed E-state index contributed by atoms with van der Waals surface area (Å²) < 4.78 is 5.19. The van der Waals surface area contributed by atoms with Crippen molar-refractivity contribution in [1.29, 1.82) is 0 Å². The van der Waals surface area contributed by atoms with Gasteiger partial charge < -0.3 is 25.3 Å². The molecular weight excluding hydrogens is 501 g/mol. The maximum atomic E-state index is 5.19. The number of nitrogens with one attached hydrogen (secondary N) is 3. The lowest BCUT2D eigenvalue weighted by Crippen LogP contribution is -2.40. The molecule has 0 bridgehead atoms. The minimum atomic E-state index is 0. The van der Waals surface area contributed by atoms with Crippen molar-refractivity contribution in [2.45, 2.75) is 39.5 Å². The maximum Gasteiger partial charge on any atom is 0.191 e. The van der Waals surface area contributed by atoms with Crippen LogP contribution >= 0.6 is 24.0 Å². The van der Waals surface area contributed by atoms with Crippen LogP contribution < -0.4 is 10.6 Å². The van der Waals surface area contributed by atoms with Crippen molar-refractivity contribution in [1.82, 2.24) is 20.5 Å². The summed E-state index contributed by atoms with van der Waals surface area (Å²) in [6, 6.07) is 6.59. The van der Waals surface area contributed by atoms with Crippen LogP contribution in [0.3, 0.4) is 0 Å². The summed E-state index contributed by atoms with van der Waals surface area (Å²) in [4.78, 5) is 10.8. The van der Waals surface area contributed by atoms with Crippen molar-refractivity contribution in [3.05, 3.63) is 35.5 Å². The number of hydrogen-bond donors (Lipinski definition) is 3. The summed E-state index contributed by atoms with van der Waals surface area (Å²) in [6.45, 7) is 11.2. The average Bonchev–Trinajstić information content (AvgIpc) is 3.20. The number of likely N-dealkylation sites (tertiary alicyclic amines) is 1. The second-order valence-electron chi connectivity index (χ2n) is 8.18. The van der Waals surface area contributed by atoms with E-state index in [4.69, 9.17) is 9.73 Å². The number of benzene rings is 1. The first kappa shape index (κ1) is 25.9. The number of rotatable bonds is 10. The number of methoxy groups -OCH3 is 1. The third kappa shape index (κ3) is 7.64. The molecule has 1 aliphatic heterocycles. The normalized spacial score (nSPS) is 15.8. The first-order valence-corrected chi connectivity index (χ1v) is 11.6. The number of halogens is 1. The zero-order valence-electron chi connectivity index (χ0n) is 19.4. The predicted molar refractivity (Wildman–Crippen MR) is 142 cm³/mol. The van der Waals surface area contributed by atoms with E-state index in [0.29, 0.717) is 5.92 Å². The van der Waals surface area contributed by atoms with Crippen LogP contribution in [0, 0.1) is 5.92 Å². The van der Waals surface area contributed by atoms with E-state index >= 15 is 0 Å². The third-order valence-corrected chi connectivity index (χ3v) is 6.13. The molecule has 1 aromatic carbocycles. The molecule has 0 unspecified atom stereocenters. The zero-order chi connectivity index (χ0) is 21.2. The molecule has 2 aromatic rings. The molecule has 6 nitrogen and oxygen atoms in total. The number of nitrogens with zero attached hydrogens (tertiary/aromatic N) is 2. The Morgan fingerprint density at radius 3 is 2.71 bits per heavy atom. The molecular formula is C24H40IN5O. The second kappa shape index (κ2) is 14.0. The average molecular weight is 542 g/mol. The molecule has 174 valence electrons. The number of ether oxygens (including phenoxy) is 1. The van der Waals surface area contributed by atoms with Crippen molar-refractivity contribution in [2.75, 3.05) is 53.0 Å². The largest absolute Gasteiger partial charge is 0.383 e. The molecule has 2 heterocycles. The monoisotopic (exact) mass is 541 g/mol. The van der Waals surface area contributed by atoms with E-state index in [-0.39, 0.29) is 24.0 Å². The van der Waals surface area contributed by atoms with Crippen molar-refractivity contribution in [2.24, 2.45) is 10.9 Å². The zero-order valence-corrected chi connectivity index (χ0v) is 21.7. The Morgan fingerprint density at radius 1 is 1.19 bits per heavy atom. The van der Waals surface area contributed by atoms with E-state index in [9.17, 15) is 0 Å². The topological polar surface area (TPSA) is 64.7 Å². The van der Waals surface area contributed by atoms with Crippen LogP contribution in [0.2, 0.25) is 0 Å². The first-order chi connectivity index (χ1) is 14.7. The van der Waals surface area contributed by atoms with Gasteiger partial charge in [-0.15, -0.1) is 24.0 Å². The Hall–Kier alpha value is -1.32. The molecule has 0 radical (unpaired) electrons. The van der Waals surface area contributed by atoms with E-state index in [2.05, 4.69) is 58.8 Å². The Labute approximate surface area is 204 Å². The van der Waals surface area contributed by atoms with E-state index in [1.807, 2.05) is 0 Å². The Morgan fingerprint density at radius 2 is 2.00 bits per heavy atom. The lowest BCUT2D eigenvalue weighted by Gasteiger charge is -2.31. The molecule has 7 heteroatoms. The number of para-hydroxylation sites is 1. The SMILES string of the molecule is CCNC(=NCC1CCN(CCOC)CC1)NCCc1c[nH]c2c(CC)cccc12.I. The molecule has 0 atom stereocenters. The molecule has 0 spiro atoms. The fraction of sp³-hybridized carbons (Fsp3) is 0.625. The van der Waals surface area contributed by atoms with E-state index in [1.165, 1.54) is 34.9 Å². The van der Waals surface area contributed by atoms with Gasteiger partial charge in [0.1, 0.15) is 0 Å². The smallest absolute Gasteiger partial charge is 0.191 e. The molecule has 1 aliphatic rings. The van der Waals surface area contributed by atoms with Crippen LogP contribution in [-0.2, 0) is 17.6 Å². The van der Waals surface area contributed by atoms with Gasteiger partial charge in [0.2, 0.25) is 0 Å². The Bertz CT molecular complexity index is 798. The minimum Gasteiger partial charge on any atom is -0.383 e. The van der Waals surface area contributed by atoms with Gasteiger partial charge in [-0.2, -0.15) is 0 Å². The molecule has 3 N–H and O–H groups in total. The highest BCUT2D eigenvalue weighted by Gasteiger charge is 2.18. The van der Waals surface area contributed by atoms with Crippen molar-refractivity contribution in [3.8, 4) is 0 Å². The number of aryl methyl sites for hydroxylation is 1. The van der Waals surface area contributed by atoms with Gasteiger partial charge in [-0.1, -0.05) is 25.1 Å². The fourth-order valence-electron chi connectivity index (χ4n) is 4.27. The van der Waals surface area contributed by atoms with Crippen LogP contribution in [-0.4, -0.2) is 68.8 Å². The molecule has 0 amide bonds. The summed E-state index contributed by atoms with van der Waals surface area (Å²) in [5.41, 5.74) is 4.04. The molecule has 1 fully saturated rings. The van der Waals surface area contributed by atoms with Gasteiger partial charge in [0.05, 0.1) is 6.61 Å². The number of aliphatic imine (C=N–C) groups is 1. The number of guanidine groups is 1. The van der Waals surface area contributed by atoms with Gasteiger partial charge in [-0.25, -0.2) is 0 Å². The van der Waals surface area contributed by atoms with Gasteiger partial charge in [0.15, 0.2) is 5.96 Å². The van der Waals surface area contributed by atoms with E-state index in [0.717, 1.165) is 64.7 Å². The van der Waals surface area contributed by atoms with E-state index in [1.54, 1.807) is 7.11 Å². The van der Waals surface area contributed by atoms with Crippen LogP contribution in [0.4, 0.5) is 0 Å². The number of H-pyrrole nitrogens is 1. The summed E-state index contributed by atoms with van der Waals surface area (Å²) in [5.74, 6) is 1.62. The van der Waals surface area contributed by atoms with Crippen molar-refractivity contribution in [3.63, 3.8) is 0 Å². The van der Waals surface area contributed by atoms with Crippen LogP contribution in [0.25, 0.3) is 10.9 Å². The highest BCUT2D eigenvalue weighted by Crippen LogP contribution is 2.22. The maximum absolute atomic E-state index is 5.19. The molecule has 31 heavy (non-hydrogen) atoms. The lowest BCUT2D eigenvalue weighted by atomic mass is 9.97. The summed E-state index contributed by atoms with van der Waals surface area (Å²) >= 11 is 0. The second-order valence-corrected chi connectivity index (χ2v) is 8.18. The van der Waals surface area contributed by atoms with E-state index < -0.39 is 0 Å². The van der Waals surface area contributed by atoms with Gasteiger partial charge in [-0.05, 0) is 62.7 Å². The Kier molecular flexibility index (Phi) is 11.7. The summed E-state index contributed by atoms with van der Waals surface area (Å²) in [7, 11) is 1.78. The van der Waals surface area contributed by atoms with Crippen molar-refractivity contribution < 1.29 is 4.74 Å². The van der Waals surface area contributed by atoms with Gasteiger partial charge >= 0.3 is 0 Å². The molecule has 1 aromatic heterocycles. The number of aromatic nitrogens is 1. The summed E-state index contributed by atoms with van der Waals surface area (Å²) in [5, 5.41) is 8.27. The van der Waals surface area contributed by atoms with Gasteiger partial charge in [0.25, 0.3) is 0 Å². The number of hydrogen-bond acceptors (Lipinski definition) is 3. The number of piperidine rings is 1. The molecule has 0 aliphatic carbocycles. The fourth-order valence-corrected chi connectivity index (χ4v) is 4.27. The number of aromatic amines is 1. The quantitative estimate of drug-likeness (QED) is 0.243. The van der Waals surface area contributed by atoms with Crippen molar-refractivity contribution >= 4 is 40.8 Å². The van der Waals surface area contributed by atoms with Crippen LogP contribution in [0.5, 0.6) is 0 Å². The Balaban J connectivity index is 0.00000341. The predicted octanol–water partition coefficient (Wildman–Crippen LogP) is 3.80. The highest BCUT2D eigenvalue weighted by molar-refractivity contribution is 14.0. The number of fused-ring (bicyclic) bond motifs is 1. The molecule has 3 rings (SSSR count). The van der Waals surface area contributed by atoms with Crippen LogP contribution in [0.15, 0.2) is 29.4 Å². The third-order valence-electron chi connectivity index (χ3n) is 6.13. The highest BCUT2D eigenvalue weighted by atomic mass is 127. The van der Waals surface area contributed by atoms with Crippen LogP contribution in [0.1, 0.15) is 37.8 Å². The van der Waals surface area contributed by atoms with Gasteiger partial charge in [0, 0.05) is 50.4 Å². The standard InChI is InChI=1S/C24H39N5O.HI/c1-4-20-7-6-8-22-21(18-27-23(20)22)9-12-26-24(25-5-2)28-17-19-10-13-29(14-11-19)15-16-30-3;/h6-8,18-19,27H,4-5,9-17H2,1-3H3,(H2,25,26,28);1H.